The van der Waals surface area contributed by atoms with Gasteiger partial charge < -0.3 is 5.32 Å². The van der Waals surface area contributed by atoms with E-state index in [1.165, 1.54) is 6.07 Å². The first kappa shape index (κ1) is 22.4. The van der Waals surface area contributed by atoms with E-state index in [9.17, 15) is 18.4 Å². The highest BCUT2D eigenvalue weighted by Crippen LogP contribution is 2.35. The molecule has 168 valence electrons. The lowest BCUT2D eigenvalue weighted by Gasteiger charge is -2.16. The van der Waals surface area contributed by atoms with E-state index >= 15 is 0 Å². The minimum Gasteiger partial charge on any atom is -0.350 e. The van der Waals surface area contributed by atoms with E-state index in [1.807, 2.05) is 38.1 Å². The highest BCUT2D eigenvalue weighted by molar-refractivity contribution is 6.46. The van der Waals surface area contributed by atoms with Crippen LogP contribution in [0.2, 0.25) is 0 Å². The number of rotatable bonds is 5. The Morgan fingerprint density at radius 2 is 1.48 bits per heavy atom. The van der Waals surface area contributed by atoms with Crippen molar-refractivity contribution in [3.63, 3.8) is 0 Å². The van der Waals surface area contributed by atoms with E-state index in [1.54, 1.807) is 18.2 Å². The number of imide groups is 1. The Morgan fingerprint density at radius 1 is 0.788 bits per heavy atom. The smallest absolute Gasteiger partial charge is 0.282 e. The van der Waals surface area contributed by atoms with Gasteiger partial charge in [0.15, 0.2) is 11.6 Å². The first-order valence-corrected chi connectivity index (χ1v) is 10.7. The number of carbonyl (C=O) groups is 2. The van der Waals surface area contributed by atoms with Crippen LogP contribution < -0.4 is 10.2 Å². The number of halogens is 2. The lowest BCUT2D eigenvalue weighted by atomic mass is 9.99. The molecule has 4 rings (SSSR count). The van der Waals surface area contributed by atoms with Gasteiger partial charge >= 0.3 is 0 Å². The summed E-state index contributed by atoms with van der Waals surface area (Å²) in [7, 11) is 0. The Hall–Kier alpha value is -3.80. The van der Waals surface area contributed by atoms with Crippen LogP contribution in [0, 0.1) is 25.5 Å². The Balaban J connectivity index is 1.81. The number of aryl methyl sites for hydroxylation is 2. The molecular weight excluding hydrogens is 422 g/mol. The number of hydrogen-bond acceptors (Lipinski definition) is 3. The predicted molar refractivity (Wildman–Crippen MR) is 126 cm³/mol. The van der Waals surface area contributed by atoms with Crippen molar-refractivity contribution in [3.8, 4) is 0 Å². The lowest BCUT2D eigenvalue weighted by Crippen LogP contribution is -2.32. The summed E-state index contributed by atoms with van der Waals surface area (Å²) < 4.78 is 27.2. The maximum absolute atomic E-state index is 13.8. The van der Waals surface area contributed by atoms with E-state index < -0.39 is 23.4 Å². The van der Waals surface area contributed by atoms with Crippen LogP contribution in [0.15, 0.2) is 66.4 Å². The minimum absolute atomic E-state index is 0.0159. The molecule has 0 unspecified atom stereocenters. The Labute approximate surface area is 191 Å². The van der Waals surface area contributed by atoms with Gasteiger partial charge in [-0.05, 0) is 66.3 Å². The summed E-state index contributed by atoms with van der Waals surface area (Å²) in [6.07, 6.45) is 0. The van der Waals surface area contributed by atoms with E-state index in [-0.39, 0.29) is 17.0 Å². The summed E-state index contributed by atoms with van der Waals surface area (Å²) in [6.45, 7) is 8.00. The molecule has 0 saturated carbocycles. The van der Waals surface area contributed by atoms with Gasteiger partial charge in [-0.1, -0.05) is 44.2 Å². The topological polar surface area (TPSA) is 49.4 Å². The zero-order valence-corrected chi connectivity index (χ0v) is 18.9. The van der Waals surface area contributed by atoms with Gasteiger partial charge in [0.2, 0.25) is 0 Å². The standard InChI is InChI=1S/C27H24F2N2O2/c1-15(2)18-7-10-21(11-8-18)31-26(32)24(19-6-5-16(3)17(4)13-19)25(27(31)33)30-20-9-12-22(28)23(29)14-20/h5-15,30H,1-4H3. The van der Waals surface area contributed by atoms with Gasteiger partial charge in [0, 0.05) is 11.8 Å². The molecule has 33 heavy (non-hydrogen) atoms. The number of nitrogens with zero attached hydrogens (tertiary/aromatic N) is 1. The molecule has 0 aromatic heterocycles. The fraction of sp³-hybridized carbons (Fsp3) is 0.185. The molecule has 0 spiro atoms. The summed E-state index contributed by atoms with van der Waals surface area (Å²) in [6, 6.07) is 16.0. The number of carbonyl (C=O) groups excluding carboxylic acids is 2. The van der Waals surface area contributed by atoms with Crippen molar-refractivity contribution in [2.24, 2.45) is 0 Å². The van der Waals surface area contributed by atoms with Crippen LogP contribution in [0.5, 0.6) is 0 Å². The fourth-order valence-corrected chi connectivity index (χ4v) is 3.77. The molecule has 0 radical (unpaired) electrons. The summed E-state index contributed by atoms with van der Waals surface area (Å²) in [5.41, 5.74) is 4.48. The van der Waals surface area contributed by atoms with Gasteiger partial charge in [0.05, 0.1) is 11.3 Å². The van der Waals surface area contributed by atoms with Crippen molar-refractivity contribution in [1.29, 1.82) is 0 Å². The molecule has 3 aromatic carbocycles. The highest BCUT2D eigenvalue weighted by atomic mass is 19.2. The fourth-order valence-electron chi connectivity index (χ4n) is 3.77. The van der Waals surface area contributed by atoms with Crippen molar-refractivity contribution < 1.29 is 18.4 Å². The molecule has 0 atom stereocenters. The van der Waals surface area contributed by atoms with E-state index in [2.05, 4.69) is 19.2 Å². The molecule has 1 aliphatic heterocycles. The lowest BCUT2D eigenvalue weighted by molar-refractivity contribution is -0.120. The molecule has 3 aromatic rings. The summed E-state index contributed by atoms with van der Waals surface area (Å²) in [4.78, 5) is 28.1. The van der Waals surface area contributed by atoms with Crippen molar-refractivity contribution in [3.05, 3.63) is 100 Å². The molecule has 0 fully saturated rings. The summed E-state index contributed by atoms with van der Waals surface area (Å²) in [5, 5.41) is 2.86. The second-order valence-corrected chi connectivity index (χ2v) is 8.49. The molecule has 0 bridgehead atoms. The largest absolute Gasteiger partial charge is 0.350 e. The van der Waals surface area contributed by atoms with Gasteiger partial charge in [-0.3, -0.25) is 9.59 Å². The average molecular weight is 446 g/mol. The van der Waals surface area contributed by atoms with Crippen LogP contribution in [-0.2, 0) is 9.59 Å². The second kappa shape index (κ2) is 8.62. The zero-order chi connectivity index (χ0) is 23.9. The van der Waals surface area contributed by atoms with Crippen LogP contribution in [0.3, 0.4) is 0 Å². The van der Waals surface area contributed by atoms with Crippen LogP contribution in [0.1, 0.15) is 42.0 Å². The number of amides is 2. The van der Waals surface area contributed by atoms with Crippen LogP contribution in [-0.4, -0.2) is 11.8 Å². The van der Waals surface area contributed by atoms with Crippen molar-refractivity contribution >= 4 is 28.8 Å². The molecule has 4 nitrogen and oxygen atoms in total. The number of hydrogen-bond donors (Lipinski definition) is 1. The average Bonchev–Trinajstić information content (AvgIpc) is 3.02. The number of nitrogens with one attached hydrogen (secondary N) is 1. The van der Waals surface area contributed by atoms with Crippen LogP contribution >= 0.6 is 0 Å². The minimum atomic E-state index is -1.05. The third kappa shape index (κ3) is 4.16. The third-order valence-electron chi connectivity index (χ3n) is 5.89. The zero-order valence-electron chi connectivity index (χ0n) is 18.9. The van der Waals surface area contributed by atoms with E-state index in [0.29, 0.717) is 17.2 Å². The maximum Gasteiger partial charge on any atom is 0.282 e. The Kier molecular flexibility index (Phi) is 5.85. The van der Waals surface area contributed by atoms with Crippen molar-refractivity contribution in [2.45, 2.75) is 33.6 Å². The Bertz CT molecular complexity index is 1290. The van der Waals surface area contributed by atoms with Crippen LogP contribution in [0.25, 0.3) is 5.57 Å². The van der Waals surface area contributed by atoms with Gasteiger partial charge in [0.1, 0.15) is 5.70 Å². The van der Waals surface area contributed by atoms with Crippen molar-refractivity contribution in [1.82, 2.24) is 0 Å². The molecule has 1 N–H and O–H groups in total. The first-order valence-electron chi connectivity index (χ1n) is 10.7. The van der Waals surface area contributed by atoms with Crippen molar-refractivity contribution in [2.75, 3.05) is 10.2 Å². The monoisotopic (exact) mass is 446 g/mol. The molecule has 2 amide bonds. The maximum atomic E-state index is 13.8. The molecular formula is C27H24F2N2O2. The Morgan fingerprint density at radius 3 is 2.09 bits per heavy atom. The molecule has 0 aliphatic carbocycles. The normalized spacial score (nSPS) is 14.0. The van der Waals surface area contributed by atoms with Gasteiger partial charge in [-0.15, -0.1) is 0 Å². The summed E-state index contributed by atoms with van der Waals surface area (Å²) >= 11 is 0. The highest BCUT2D eigenvalue weighted by Gasteiger charge is 2.40. The van der Waals surface area contributed by atoms with Gasteiger partial charge in [0.25, 0.3) is 11.8 Å². The molecule has 1 heterocycles. The van der Waals surface area contributed by atoms with Crippen LogP contribution in [0.4, 0.5) is 20.2 Å². The van der Waals surface area contributed by atoms with E-state index in [0.717, 1.165) is 33.7 Å². The number of anilines is 2. The quantitative estimate of drug-likeness (QED) is 0.482. The number of benzene rings is 3. The van der Waals surface area contributed by atoms with E-state index in [4.69, 9.17) is 0 Å². The first-order chi connectivity index (χ1) is 15.7. The molecule has 0 saturated heterocycles. The predicted octanol–water partition coefficient (Wildman–Crippen LogP) is 6.10. The van der Waals surface area contributed by atoms with Gasteiger partial charge in [-0.2, -0.15) is 0 Å². The molecule has 6 heteroatoms. The SMILES string of the molecule is Cc1ccc(C2=C(Nc3ccc(F)c(F)c3)C(=O)N(c3ccc(C(C)C)cc3)C2=O)cc1C. The van der Waals surface area contributed by atoms with Gasteiger partial charge in [-0.25, -0.2) is 13.7 Å². The molecule has 1 aliphatic rings. The third-order valence-corrected chi connectivity index (χ3v) is 5.89. The second-order valence-electron chi connectivity index (χ2n) is 8.49. The summed E-state index contributed by atoms with van der Waals surface area (Å²) in [5.74, 6) is -2.78.